The molecule has 1 amide bonds. The molecule has 0 bridgehead atoms. The maximum absolute atomic E-state index is 11.7. The van der Waals surface area contributed by atoms with Crippen LogP contribution in [0, 0.1) is 0 Å². The van der Waals surface area contributed by atoms with E-state index in [-0.39, 0.29) is 12.8 Å². The molecule has 0 radical (unpaired) electrons. The zero-order valence-electron chi connectivity index (χ0n) is 10.8. The number of aryl methyl sites for hydroxylation is 1. The van der Waals surface area contributed by atoms with E-state index >= 15 is 0 Å². The summed E-state index contributed by atoms with van der Waals surface area (Å²) >= 11 is 0. The molecule has 20 heavy (non-hydrogen) atoms. The van der Waals surface area contributed by atoms with Crippen molar-refractivity contribution in [3.05, 3.63) is 18.0 Å². The van der Waals surface area contributed by atoms with Crippen molar-refractivity contribution in [3.8, 4) is 0 Å². The van der Waals surface area contributed by atoms with Gasteiger partial charge in [-0.3, -0.25) is 14.3 Å². The second-order valence-corrected chi connectivity index (χ2v) is 4.27. The average molecular weight is 284 g/mol. The quantitative estimate of drug-likeness (QED) is 0.494. The molecule has 0 saturated heterocycles. The summed E-state index contributed by atoms with van der Waals surface area (Å²) in [5.41, 5.74) is 5.81. The van der Waals surface area contributed by atoms with Crippen molar-refractivity contribution in [1.29, 1.82) is 0 Å². The van der Waals surface area contributed by atoms with E-state index in [1.807, 2.05) is 0 Å². The van der Waals surface area contributed by atoms with Crippen LogP contribution in [-0.2, 0) is 21.4 Å². The second kappa shape index (κ2) is 6.66. The predicted molar refractivity (Wildman–Crippen MR) is 66.6 cm³/mol. The largest absolute Gasteiger partial charge is 0.481 e. The molecule has 110 valence electrons. The van der Waals surface area contributed by atoms with Crippen LogP contribution in [-0.4, -0.2) is 43.9 Å². The number of carboxylic acid groups (broad SMARTS) is 2. The fourth-order valence-electron chi connectivity index (χ4n) is 1.54. The molecule has 0 aromatic carbocycles. The van der Waals surface area contributed by atoms with E-state index < -0.39 is 29.9 Å². The van der Waals surface area contributed by atoms with Gasteiger partial charge in [0.05, 0.1) is 12.2 Å². The van der Waals surface area contributed by atoms with Gasteiger partial charge in [-0.2, -0.15) is 5.10 Å². The van der Waals surface area contributed by atoms with Gasteiger partial charge >= 0.3 is 11.9 Å². The highest BCUT2D eigenvalue weighted by atomic mass is 16.4. The van der Waals surface area contributed by atoms with Crippen LogP contribution in [0.5, 0.6) is 0 Å². The number of nitrogens with one attached hydrogen (secondary N) is 1. The molecular formula is C11H16N4O5. The van der Waals surface area contributed by atoms with E-state index in [2.05, 4.69) is 10.4 Å². The van der Waals surface area contributed by atoms with E-state index in [4.69, 9.17) is 15.9 Å². The molecule has 9 heteroatoms. The lowest BCUT2D eigenvalue weighted by molar-refractivity contribution is -0.142. The van der Waals surface area contributed by atoms with Crippen LogP contribution >= 0.6 is 0 Å². The zero-order chi connectivity index (χ0) is 15.3. The SMILES string of the molecule is Cn1cc(C(NC(=O)C(N)CCC(=O)O)C(=O)O)cn1. The van der Waals surface area contributed by atoms with Crippen LogP contribution in [0.1, 0.15) is 24.4 Å². The van der Waals surface area contributed by atoms with Gasteiger partial charge in [-0.1, -0.05) is 0 Å². The van der Waals surface area contributed by atoms with Gasteiger partial charge in [0.2, 0.25) is 5.91 Å². The molecule has 1 aromatic rings. The fourth-order valence-corrected chi connectivity index (χ4v) is 1.54. The minimum atomic E-state index is -1.27. The first-order chi connectivity index (χ1) is 9.31. The van der Waals surface area contributed by atoms with Gasteiger partial charge in [0.25, 0.3) is 0 Å². The van der Waals surface area contributed by atoms with Crippen LogP contribution in [0.3, 0.4) is 0 Å². The summed E-state index contributed by atoms with van der Waals surface area (Å²) in [6.07, 6.45) is 2.45. The first kappa shape index (κ1) is 15.6. The molecule has 9 nitrogen and oxygen atoms in total. The van der Waals surface area contributed by atoms with Crippen molar-refractivity contribution in [1.82, 2.24) is 15.1 Å². The van der Waals surface area contributed by atoms with E-state index in [0.29, 0.717) is 5.56 Å². The van der Waals surface area contributed by atoms with Crippen LogP contribution in [0.4, 0.5) is 0 Å². The molecule has 2 unspecified atom stereocenters. The molecule has 0 fully saturated rings. The van der Waals surface area contributed by atoms with Gasteiger partial charge in [-0.25, -0.2) is 4.79 Å². The third kappa shape index (κ3) is 4.35. The number of carboxylic acids is 2. The molecule has 0 aliphatic rings. The van der Waals surface area contributed by atoms with E-state index in [1.54, 1.807) is 7.05 Å². The Labute approximate surface area is 114 Å². The molecule has 2 atom stereocenters. The van der Waals surface area contributed by atoms with Gasteiger partial charge in [0.15, 0.2) is 6.04 Å². The molecule has 0 saturated carbocycles. The summed E-state index contributed by atoms with van der Waals surface area (Å²) in [4.78, 5) is 33.3. The Bertz CT molecular complexity index is 513. The topological polar surface area (TPSA) is 148 Å². The Morgan fingerprint density at radius 3 is 2.55 bits per heavy atom. The molecule has 0 spiro atoms. The normalized spacial score (nSPS) is 13.5. The average Bonchev–Trinajstić information content (AvgIpc) is 2.78. The smallest absolute Gasteiger partial charge is 0.331 e. The fraction of sp³-hybridized carbons (Fsp3) is 0.455. The summed E-state index contributed by atoms with van der Waals surface area (Å²) < 4.78 is 1.40. The Hall–Kier alpha value is -2.42. The van der Waals surface area contributed by atoms with Gasteiger partial charge in [0.1, 0.15) is 0 Å². The monoisotopic (exact) mass is 284 g/mol. The summed E-state index contributed by atoms with van der Waals surface area (Å²) in [6.45, 7) is 0. The number of carbonyl (C=O) groups excluding carboxylic acids is 1. The number of nitrogens with two attached hydrogens (primary N) is 1. The summed E-state index contributed by atoms with van der Waals surface area (Å²) in [7, 11) is 1.61. The third-order valence-corrected chi connectivity index (χ3v) is 2.60. The number of amides is 1. The number of aromatic nitrogens is 2. The first-order valence-corrected chi connectivity index (χ1v) is 5.80. The summed E-state index contributed by atoms with van der Waals surface area (Å²) in [5.74, 6) is -3.05. The Kier molecular flexibility index (Phi) is 5.21. The minimum Gasteiger partial charge on any atom is -0.481 e. The third-order valence-electron chi connectivity index (χ3n) is 2.60. The number of hydrogen-bond acceptors (Lipinski definition) is 5. The van der Waals surface area contributed by atoms with Crippen molar-refractivity contribution in [2.75, 3.05) is 0 Å². The maximum Gasteiger partial charge on any atom is 0.331 e. The second-order valence-electron chi connectivity index (χ2n) is 4.27. The number of carbonyl (C=O) groups is 3. The summed E-state index contributed by atoms with van der Waals surface area (Å²) in [6, 6.07) is -2.35. The van der Waals surface area contributed by atoms with Gasteiger partial charge in [0, 0.05) is 25.2 Å². The van der Waals surface area contributed by atoms with E-state index in [0.717, 1.165) is 0 Å². The number of aliphatic carboxylic acids is 2. The highest BCUT2D eigenvalue weighted by molar-refractivity contribution is 5.87. The number of rotatable bonds is 7. The van der Waals surface area contributed by atoms with Crippen LogP contribution in [0.15, 0.2) is 12.4 Å². The van der Waals surface area contributed by atoms with Crippen molar-refractivity contribution in [3.63, 3.8) is 0 Å². The Balaban J connectivity index is 2.69. The molecule has 1 heterocycles. The molecule has 1 aromatic heterocycles. The minimum absolute atomic E-state index is 0.0689. The van der Waals surface area contributed by atoms with Gasteiger partial charge in [-0.15, -0.1) is 0 Å². The lowest BCUT2D eigenvalue weighted by Crippen LogP contribution is -2.44. The van der Waals surface area contributed by atoms with Crippen molar-refractivity contribution in [2.24, 2.45) is 12.8 Å². The predicted octanol–water partition coefficient (Wildman–Crippen LogP) is -1.15. The van der Waals surface area contributed by atoms with E-state index in [9.17, 15) is 14.4 Å². The molecule has 5 N–H and O–H groups in total. The maximum atomic E-state index is 11.7. The molecule has 0 aliphatic heterocycles. The summed E-state index contributed by atoms with van der Waals surface area (Å²) in [5, 5.41) is 23.7. The lowest BCUT2D eigenvalue weighted by atomic mass is 10.1. The van der Waals surface area contributed by atoms with E-state index in [1.165, 1.54) is 17.1 Å². The lowest BCUT2D eigenvalue weighted by Gasteiger charge is -2.16. The van der Waals surface area contributed by atoms with Crippen LogP contribution in [0.25, 0.3) is 0 Å². The first-order valence-electron chi connectivity index (χ1n) is 5.80. The van der Waals surface area contributed by atoms with Gasteiger partial charge in [-0.05, 0) is 6.42 Å². The van der Waals surface area contributed by atoms with Crippen LogP contribution in [0.2, 0.25) is 0 Å². The van der Waals surface area contributed by atoms with Crippen LogP contribution < -0.4 is 11.1 Å². The van der Waals surface area contributed by atoms with Crippen molar-refractivity contribution in [2.45, 2.75) is 24.9 Å². The van der Waals surface area contributed by atoms with Gasteiger partial charge < -0.3 is 21.3 Å². The molecule has 0 aliphatic carbocycles. The standard InChI is InChI=1S/C11H16N4O5/c1-15-5-6(4-13-15)9(11(19)20)14-10(18)7(12)2-3-8(16)17/h4-5,7,9H,2-3,12H2,1H3,(H,14,18)(H,16,17)(H,19,20). The highest BCUT2D eigenvalue weighted by Crippen LogP contribution is 2.12. The Morgan fingerprint density at radius 1 is 1.45 bits per heavy atom. The molecule has 1 rings (SSSR count). The highest BCUT2D eigenvalue weighted by Gasteiger charge is 2.26. The number of hydrogen-bond donors (Lipinski definition) is 4. The zero-order valence-corrected chi connectivity index (χ0v) is 10.8. The Morgan fingerprint density at radius 2 is 2.10 bits per heavy atom. The molecular weight excluding hydrogens is 268 g/mol. The van der Waals surface area contributed by atoms with Crippen molar-refractivity contribution < 1.29 is 24.6 Å². The number of nitrogens with zero attached hydrogens (tertiary/aromatic N) is 2. The van der Waals surface area contributed by atoms with Crippen molar-refractivity contribution >= 4 is 17.8 Å².